The summed E-state index contributed by atoms with van der Waals surface area (Å²) in [7, 11) is 0. The Morgan fingerprint density at radius 3 is 1.58 bits per heavy atom. The summed E-state index contributed by atoms with van der Waals surface area (Å²) in [6, 6.07) is -31.7. The number of hydrogen-bond acceptors (Lipinski definition) is 1. The highest BCUT2D eigenvalue weighted by Gasteiger charge is 2.21. The Balaban J connectivity index is 1.42. The minimum atomic E-state index is -1.14. The van der Waals surface area contributed by atoms with Gasteiger partial charge in [0.2, 0.25) is 0 Å². The van der Waals surface area contributed by atoms with Gasteiger partial charge < -0.3 is 4.42 Å². The lowest BCUT2D eigenvalue weighted by Gasteiger charge is -2.18. The Kier molecular flexibility index (Phi) is 2.68. The smallest absolute Gasteiger partial charge is 0.136 e. The largest absolute Gasteiger partial charge is 0.456 e. The molecule has 53 heavy (non-hydrogen) atoms. The average molecular weight is 705 g/mol. The maximum Gasteiger partial charge on any atom is 0.136 e. The summed E-state index contributed by atoms with van der Waals surface area (Å²) < 4.78 is 297. The van der Waals surface area contributed by atoms with E-state index in [1.54, 1.807) is 0 Å². The molecule has 1 heterocycles. The van der Waals surface area contributed by atoms with E-state index in [-0.39, 0.29) is 0 Å². The topological polar surface area (TPSA) is 13.1 Å². The van der Waals surface area contributed by atoms with Crippen molar-refractivity contribution in [3.05, 3.63) is 193 Å². The third-order valence-electron chi connectivity index (χ3n) is 8.70. The Hall–Kier alpha value is -6.96. The van der Waals surface area contributed by atoms with Crippen LogP contribution >= 0.6 is 0 Å². The maximum atomic E-state index is 10.0. The molecule has 0 amide bonds. The van der Waals surface area contributed by atoms with E-state index in [0.29, 0.717) is 0 Å². The summed E-state index contributed by atoms with van der Waals surface area (Å²) in [4.78, 5) is 0. The Morgan fingerprint density at radius 1 is 0.302 bits per heavy atom. The van der Waals surface area contributed by atoms with Gasteiger partial charge in [-0.1, -0.05) is 163 Å². The zero-order valence-corrected chi connectivity index (χ0v) is 26.4. The molecule has 1 heteroatoms. The maximum absolute atomic E-state index is 10.0. The lowest BCUT2D eigenvalue weighted by molar-refractivity contribution is 0.669. The monoisotopic (exact) mass is 704 g/mol. The van der Waals surface area contributed by atoms with Gasteiger partial charge in [0.15, 0.2) is 0 Å². The average Bonchev–Trinajstić information content (AvgIpc) is 1.65. The fourth-order valence-electron chi connectivity index (χ4n) is 6.51. The predicted molar refractivity (Wildman–Crippen MR) is 225 cm³/mol. The molecule has 0 aliphatic carbocycles. The summed E-state index contributed by atoms with van der Waals surface area (Å²) in [6.07, 6.45) is 0. The number of hydrogen-bond donors (Lipinski definition) is 0. The van der Waals surface area contributed by atoms with Gasteiger partial charge in [-0.05, 0) is 112 Å². The summed E-state index contributed by atoms with van der Waals surface area (Å²) >= 11 is 0. The molecule has 0 saturated heterocycles. The van der Waals surface area contributed by atoms with Crippen LogP contribution in [0, 0.1) is 0 Å². The molecule has 11 aromatic rings. The van der Waals surface area contributed by atoms with Crippen LogP contribution in [0.2, 0.25) is 0 Å². The molecular weight excluding hydrogens is 641 g/mol. The molecule has 0 saturated carbocycles. The molecule has 1 nitrogen and oxygen atoms in total. The number of rotatable bonds is 4. The van der Waals surface area contributed by atoms with Crippen LogP contribution in [0.3, 0.4) is 0 Å². The van der Waals surface area contributed by atoms with Crippen molar-refractivity contribution >= 4 is 65.0 Å². The highest BCUT2D eigenvalue weighted by atomic mass is 16.3. The second-order valence-corrected chi connectivity index (χ2v) is 11.5. The third kappa shape index (κ3) is 4.64. The summed E-state index contributed by atoms with van der Waals surface area (Å²) in [6.45, 7) is 0. The predicted octanol–water partition coefficient (Wildman–Crippen LogP) is 14.9. The van der Waals surface area contributed by atoms with Crippen molar-refractivity contribution in [2.24, 2.45) is 0 Å². The van der Waals surface area contributed by atoms with E-state index < -0.39 is 303 Å². The summed E-state index contributed by atoms with van der Waals surface area (Å²) in [5, 5.41) is -7.21. The standard InChI is InChI=1S/C52H32O/c1-2-15-35(16-3-1)51-45(40-24-12-18-34-14-6-7-19-39(34)40)29-30-47-52(51)46-28-27-38(32-48(46)53-47)50-43-22-10-8-20-41(43)49(42-21-9-11-23-44(42)50)37-26-25-33-13-4-5-17-36(33)31-37/h1-32H/i1D,2D,3D,4D,5D,6D,7D,8D,9D,10D,11D,12D,13D,14D,15D,16D,17D,18D,19D,20D,21D,22D,23D,24D,25D,26D,27D,28D,29D,30D,31D,32D. The van der Waals surface area contributed by atoms with Crippen LogP contribution in [0.25, 0.3) is 110 Å². The minimum absolute atomic E-state index is 0.609. The van der Waals surface area contributed by atoms with Crippen LogP contribution in [0.1, 0.15) is 43.9 Å². The van der Waals surface area contributed by atoms with Crippen molar-refractivity contribution in [2.45, 2.75) is 0 Å². The molecule has 0 fully saturated rings. The molecule has 0 atom stereocenters. The molecule has 246 valence electrons. The third-order valence-corrected chi connectivity index (χ3v) is 8.70. The lowest BCUT2D eigenvalue weighted by atomic mass is 9.85. The first-order valence-corrected chi connectivity index (χ1v) is 15.7. The van der Waals surface area contributed by atoms with E-state index >= 15 is 0 Å². The molecular formula is C52H32O. The van der Waals surface area contributed by atoms with Gasteiger partial charge in [0.1, 0.15) is 11.2 Å². The van der Waals surface area contributed by atoms with Gasteiger partial charge in [-0.2, -0.15) is 0 Å². The first-order valence-electron chi connectivity index (χ1n) is 31.7. The van der Waals surface area contributed by atoms with Crippen molar-refractivity contribution in [1.82, 2.24) is 0 Å². The molecule has 0 unspecified atom stereocenters. The molecule has 0 aliphatic rings. The fraction of sp³-hybridized carbons (Fsp3) is 0. The quantitative estimate of drug-likeness (QED) is 0.166. The summed E-state index contributed by atoms with van der Waals surface area (Å²) in [5.41, 5.74) is -8.26. The van der Waals surface area contributed by atoms with E-state index in [2.05, 4.69) is 0 Å². The van der Waals surface area contributed by atoms with Gasteiger partial charge in [0.25, 0.3) is 0 Å². The van der Waals surface area contributed by atoms with Gasteiger partial charge in [0.05, 0.1) is 43.9 Å². The normalized spacial score (nSPS) is 20.2. The van der Waals surface area contributed by atoms with Gasteiger partial charge in [-0.3, -0.25) is 0 Å². The van der Waals surface area contributed by atoms with E-state index in [0.717, 1.165) is 0 Å². The fourth-order valence-corrected chi connectivity index (χ4v) is 6.51. The molecule has 0 spiro atoms. The van der Waals surface area contributed by atoms with Crippen molar-refractivity contribution in [3.63, 3.8) is 0 Å². The van der Waals surface area contributed by atoms with Crippen molar-refractivity contribution in [2.75, 3.05) is 0 Å². The number of furan rings is 1. The Labute approximate surface area is 352 Å². The molecule has 0 aliphatic heterocycles. The highest BCUT2D eigenvalue weighted by molar-refractivity contribution is 6.23. The van der Waals surface area contributed by atoms with Gasteiger partial charge in [0, 0.05) is 16.3 Å². The van der Waals surface area contributed by atoms with Crippen LogP contribution in [-0.2, 0) is 0 Å². The van der Waals surface area contributed by atoms with Crippen molar-refractivity contribution in [3.8, 4) is 44.5 Å². The first-order chi connectivity index (χ1) is 39.6. The first kappa shape index (κ1) is 12.0. The second-order valence-electron chi connectivity index (χ2n) is 11.5. The zero-order valence-electron chi connectivity index (χ0n) is 58.4. The van der Waals surface area contributed by atoms with Gasteiger partial charge in [-0.15, -0.1) is 0 Å². The SMILES string of the molecule is [2H]c1c([2H])c([2H])c(-c2c(-c3c([2H])c([2H])c([2H])c4c([2H])c([2H])c([2H])c([2H])c34)c([2H])c([2H])c3oc4c([2H])c(-c5c6c([2H])c([2H])c([2H])c([2H])c6c(-c6c([2H])c([2H])c7c([2H])c([2H])c([2H])c([2H])c7c6[2H])c6c([2H])c([2H])c([2H])c([2H])c56)c([2H])c([2H])c4c23)c([2H])c1[2H]. The molecule has 0 N–H and O–H groups in total. The molecule has 11 rings (SSSR count). The highest BCUT2D eigenvalue weighted by Crippen LogP contribution is 2.47. The molecule has 0 bridgehead atoms. The van der Waals surface area contributed by atoms with Gasteiger partial charge >= 0.3 is 0 Å². The molecule has 0 radical (unpaired) electrons. The van der Waals surface area contributed by atoms with Crippen LogP contribution in [-0.4, -0.2) is 0 Å². The number of fused-ring (bicyclic) bond motifs is 7. The van der Waals surface area contributed by atoms with Crippen LogP contribution in [0.5, 0.6) is 0 Å². The van der Waals surface area contributed by atoms with E-state index in [9.17, 15) is 19.2 Å². The Morgan fingerprint density at radius 2 is 0.868 bits per heavy atom. The lowest BCUT2D eigenvalue weighted by Crippen LogP contribution is -1.91. The zero-order chi connectivity index (χ0) is 62.7. The molecule has 10 aromatic carbocycles. The van der Waals surface area contributed by atoms with E-state index in [1.807, 2.05) is 0 Å². The Bertz CT molecular complexity index is 4960. The van der Waals surface area contributed by atoms with Crippen molar-refractivity contribution in [1.29, 1.82) is 0 Å². The summed E-state index contributed by atoms with van der Waals surface area (Å²) in [5.74, 6) is 0. The van der Waals surface area contributed by atoms with E-state index in [1.165, 1.54) is 0 Å². The second kappa shape index (κ2) is 11.8. The van der Waals surface area contributed by atoms with Crippen LogP contribution < -0.4 is 0 Å². The molecule has 1 aromatic heterocycles. The van der Waals surface area contributed by atoms with Crippen LogP contribution in [0.4, 0.5) is 0 Å². The van der Waals surface area contributed by atoms with Crippen LogP contribution in [0.15, 0.2) is 198 Å². The van der Waals surface area contributed by atoms with Gasteiger partial charge in [-0.25, -0.2) is 0 Å². The van der Waals surface area contributed by atoms with Crippen molar-refractivity contribution < 1.29 is 48.3 Å². The van der Waals surface area contributed by atoms with E-state index in [4.69, 9.17) is 29.1 Å². The minimum Gasteiger partial charge on any atom is -0.456 e. The number of benzene rings is 10.